The third-order valence-corrected chi connectivity index (χ3v) is 5.25. The molecule has 0 spiro atoms. The number of aryl methyl sites for hydroxylation is 1. The number of carbonyl (C=O) groups excluding carboxylic acids is 2. The van der Waals surface area contributed by atoms with E-state index in [0.717, 1.165) is 16.9 Å². The van der Waals surface area contributed by atoms with Crippen LogP contribution in [0, 0.1) is 6.92 Å². The fourth-order valence-electron chi connectivity index (χ4n) is 2.79. The number of amides is 1. The van der Waals surface area contributed by atoms with Crippen molar-refractivity contribution in [2.24, 2.45) is 0 Å². The van der Waals surface area contributed by atoms with E-state index in [1.54, 1.807) is 58.9 Å². The van der Waals surface area contributed by atoms with Crippen LogP contribution in [-0.2, 0) is 16.1 Å². The predicted octanol–water partition coefficient (Wildman–Crippen LogP) is 3.72. The lowest BCUT2D eigenvalue weighted by atomic mass is 10.2. The third-order valence-electron chi connectivity index (χ3n) is 4.51. The maximum absolute atomic E-state index is 12.3. The normalized spacial score (nSPS) is 10.6. The van der Waals surface area contributed by atoms with Crippen LogP contribution in [0.2, 0.25) is 0 Å². The standard InChI is InChI=1S/C22H23N3O3S/c1-16-12-13-23-25(16)19-8-6-18(7-9-19)22(27)28-15-21(26)24(2)14-17-4-10-20(29-3)11-5-17/h4-13H,14-15H2,1-3H3. The second-order valence-corrected chi connectivity index (χ2v) is 7.48. The average molecular weight is 410 g/mol. The lowest BCUT2D eigenvalue weighted by Gasteiger charge is -2.17. The van der Waals surface area contributed by atoms with Gasteiger partial charge in [0.05, 0.1) is 11.3 Å². The van der Waals surface area contributed by atoms with E-state index in [1.807, 2.05) is 43.5 Å². The SMILES string of the molecule is CSc1ccc(CN(C)C(=O)COC(=O)c2ccc(-n3nccc3C)cc2)cc1. The molecule has 0 radical (unpaired) electrons. The van der Waals surface area contributed by atoms with Crippen LogP contribution in [0.4, 0.5) is 0 Å². The van der Waals surface area contributed by atoms with Gasteiger partial charge < -0.3 is 9.64 Å². The Labute approximate surface area is 174 Å². The summed E-state index contributed by atoms with van der Waals surface area (Å²) in [6.45, 7) is 2.12. The summed E-state index contributed by atoms with van der Waals surface area (Å²) in [7, 11) is 1.69. The molecule has 7 heteroatoms. The number of hydrogen-bond donors (Lipinski definition) is 0. The number of hydrogen-bond acceptors (Lipinski definition) is 5. The fourth-order valence-corrected chi connectivity index (χ4v) is 3.20. The first-order valence-corrected chi connectivity index (χ1v) is 10.4. The molecule has 1 amide bonds. The molecule has 0 aliphatic carbocycles. The predicted molar refractivity (Wildman–Crippen MR) is 113 cm³/mol. The molecule has 3 rings (SSSR count). The van der Waals surface area contributed by atoms with Gasteiger partial charge in [-0.1, -0.05) is 12.1 Å². The van der Waals surface area contributed by atoms with Gasteiger partial charge in [-0.25, -0.2) is 9.48 Å². The molecule has 6 nitrogen and oxygen atoms in total. The third kappa shape index (κ3) is 5.26. The Hall–Kier alpha value is -3.06. The van der Waals surface area contributed by atoms with Crippen LogP contribution in [0.3, 0.4) is 0 Å². The Morgan fingerprint density at radius 3 is 2.34 bits per heavy atom. The smallest absolute Gasteiger partial charge is 0.338 e. The van der Waals surface area contributed by atoms with E-state index < -0.39 is 5.97 Å². The molecule has 0 saturated heterocycles. The highest BCUT2D eigenvalue weighted by atomic mass is 32.2. The van der Waals surface area contributed by atoms with Crippen molar-refractivity contribution in [3.05, 3.63) is 77.6 Å². The van der Waals surface area contributed by atoms with Crippen molar-refractivity contribution in [3.63, 3.8) is 0 Å². The molecule has 0 bridgehead atoms. The van der Waals surface area contributed by atoms with Crippen molar-refractivity contribution in [1.29, 1.82) is 0 Å². The number of nitrogens with zero attached hydrogens (tertiary/aromatic N) is 3. The molecule has 0 unspecified atom stereocenters. The Balaban J connectivity index is 1.52. The van der Waals surface area contributed by atoms with Crippen molar-refractivity contribution in [3.8, 4) is 5.69 Å². The second kappa shape index (κ2) is 9.43. The number of aromatic nitrogens is 2. The minimum atomic E-state index is -0.528. The zero-order chi connectivity index (χ0) is 20.8. The molecule has 0 saturated carbocycles. The molecule has 0 aliphatic rings. The van der Waals surface area contributed by atoms with Gasteiger partial charge in [-0.05, 0) is 61.2 Å². The fraction of sp³-hybridized carbons (Fsp3) is 0.227. The second-order valence-electron chi connectivity index (χ2n) is 6.61. The monoisotopic (exact) mass is 409 g/mol. The highest BCUT2D eigenvalue weighted by Gasteiger charge is 2.14. The van der Waals surface area contributed by atoms with E-state index in [-0.39, 0.29) is 12.5 Å². The summed E-state index contributed by atoms with van der Waals surface area (Å²) in [5, 5.41) is 4.23. The summed E-state index contributed by atoms with van der Waals surface area (Å²) in [5.74, 6) is -0.782. The first-order chi connectivity index (χ1) is 14.0. The van der Waals surface area contributed by atoms with Gasteiger partial charge in [0.25, 0.3) is 5.91 Å². The number of carbonyl (C=O) groups is 2. The van der Waals surface area contributed by atoms with E-state index in [2.05, 4.69) is 5.10 Å². The quantitative estimate of drug-likeness (QED) is 0.440. The summed E-state index contributed by atoms with van der Waals surface area (Å²) >= 11 is 1.67. The van der Waals surface area contributed by atoms with Crippen molar-refractivity contribution >= 4 is 23.6 Å². The summed E-state index contributed by atoms with van der Waals surface area (Å²) < 4.78 is 6.96. The van der Waals surface area contributed by atoms with Gasteiger partial charge in [0.1, 0.15) is 0 Å². The maximum atomic E-state index is 12.3. The van der Waals surface area contributed by atoms with Gasteiger partial charge in [-0.2, -0.15) is 5.10 Å². The van der Waals surface area contributed by atoms with E-state index in [4.69, 9.17) is 4.74 Å². The van der Waals surface area contributed by atoms with Gasteiger partial charge in [0.15, 0.2) is 6.61 Å². The van der Waals surface area contributed by atoms with Gasteiger partial charge in [-0.15, -0.1) is 11.8 Å². The maximum Gasteiger partial charge on any atom is 0.338 e. The number of likely N-dealkylation sites (N-methyl/N-ethyl adjacent to an activating group) is 1. The summed E-state index contributed by atoms with van der Waals surface area (Å²) in [6.07, 6.45) is 3.74. The Bertz CT molecular complexity index is 981. The van der Waals surface area contributed by atoms with E-state index in [9.17, 15) is 9.59 Å². The number of rotatable bonds is 7. The Morgan fingerprint density at radius 2 is 1.76 bits per heavy atom. The first-order valence-electron chi connectivity index (χ1n) is 9.13. The topological polar surface area (TPSA) is 64.4 Å². The molecule has 0 atom stereocenters. The summed E-state index contributed by atoms with van der Waals surface area (Å²) in [4.78, 5) is 27.3. The first kappa shape index (κ1) is 20.7. The zero-order valence-electron chi connectivity index (χ0n) is 16.7. The molecule has 3 aromatic rings. The largest absolute Gasteiger partial charge is 0.452 e. The van der Waals surface area contributed by atoms with Crippen LogP contribution in [0.15, 0.2) is 65.7 Å². The molecule has 1 heterocycles. The molecule has 0 aliphatic heterocycles. The van der Waals surface area contributed by atoms with Gasteiger partial charge in [-0.3, -0.25) is 4.79 Å². The Morgan fingerprint density at radius 1 is 1.07 bits per heavy atom. The van der Waals surface area contributed by atoms with E-state index >= 15 is 0 Å². The van der Waals surface area contributed by atoms with Crippen LogP contribution in [-0.4, -0.2) is 46.5 Å². The van der Waals surface area contributed by atoms with Gasteiger partial charge >= 0.3 is 5.97 Å². The van der Waals surface area contributed by atoms with Gasteiger partial charge in [0, 0.05) is 30.4 Å². The minimum absolute atomic E-state index is 0.254. The highest BCUT2D eigenvalue weighted by Crippen LogP contribution is 2.16. The molecule has 1 aromatic heterocycles. The number of benzene rings is 2. The summed E-state index contributed by atoms with van der Waals surface area (Å²) in [6, 6.07) is 16.8. The summed E-state index contributed by atoms with van der Waals surface area (Å²) in [5.41, 5.74) is 3.26. The molecular weight excluding hydrogens is 386 g/mol. The molecule has 29 heavy (non-hydrogen) atoms. The van der Waals surface area contributed by atoms with Crippen LogP contribution < -0.4 is 0 Å². The molecule has 2 aromatic carbocycles. The van der Waals surface area contributed by atoms with E-state index in [0.29, 0.717) is 12.1 Å². The zero-order valence-corrected chi connectivity index (χ0v) is 17.5. The molecule has 0 fully saturated rings. The van der Waals surface area contributed by atoms with Crippen LogP contribution >= 0.6 is 11.8 Å². The minimum Gasteiger partial charge on any atom is -0.452 e. The van der Waals surface area contributed by atoms with Crippen molar-refractivity contribution < 1.29 is 14.3 Å². The van der Waals surface area contributed by atoms with Crippen LogP contribution in [0.5, 0.6) is 0 Å². The van der Waals surface area contributed by atoms with Crippen molar-refractivity contribution in [2.75, 3.05) is 19.9 Å². The van der Waals surface area contributed by atoms with Crippen LogP contribution in [0.1, 0.15) is 21.6 Å². The van der Waals surface area contributed by atoms with Crippen LogP contribution in [0.25, 0.3) is 5.69 Å². The molecular formula is C22H23N3O3S. The van der Waals surface area contributed by atoms with Gasteiger partial charge in [0.2, 0.25) is 0 Å². The number of esters is 1. The van der Waals surface area contributed by atoms with Crippen molar-refractivity contribution in [1.82, 2.24) is 14.7 Å². The lowest BCUT2D eigenvalue weighted by molar-refractivity contribution is -0.133. The van der Waals surface area contributed by atoms with Crippen molar-refractivity contribution in [2.45, 2.75) is 18.4 Å². The molecule has 150 valence electrons. The number of thioether (sulfide) groups is 1. The average Bonchev–Trinajstić information content (AvgIpc) is 3.18. The lowest BCUT2D eigenvalue weighted by Crippen LogP contribution is -2.30. The number of ether oxygens (including phenoxy) is 1. The highest BCUT2D eigenvalue weighted by molar-refractivity contribution is 7.98. The Kier molecular flexibility index (Phi) is 6.72. The van der Waals surface area contributed by atoms with E-state index in [1.165, 1.54) is 4.90 Å². The molecule has 0 N–H and O–H groups in total.